The van der Waals surface area contributed by atoms with Gasteiger partial charge in [0.15, 0.2) is 0 Å². The maximum Gasteiger partial charge on any atom is 0.127 e. The summed E-state index contributed by atoms with van der Waals surface area (Å²) in [6.07, 6.45) is 1.88. The molecule has 2 heterocycles. The van der Waals surface area contributed by atoms with Gasteiger partial charge in [0, 0.05) is 50.7 Å². The molecule has 1 aromatic rings. The number of aliphatic hydroxyl groups excluding tert-OH is 2. The van der Waals surface area contributed by atoms with Crippen LogP contribution in [0.1, 0.15) is 25.7 Å². The molecule has 2 saturated heterocycles. The molecule has 0 spiro atoms. The highest BCUT2D eigenvalue weighted by atomic mass is 19.1. The van der Waals surface area contributed by atoms with Gasteiger partial charge in [0.2, 0.25) is 0 Å². The third kappa shape index (κ3) is 4.03. The lowest BCUT2D eigenvalue weighted by Gasteiger charge is -2.44. The normalized spacial score (nSPS) is 28.7. The lowest BCUT2D eigenvalue weighted by molar-refractivity contribution is -0.0208. The van der Waals surface area contributed by atoms with Gasteiger partial charge in [-0.1, -0.05) is 18.2 Å². The van der Waals surface area contributed by atoms with Crippen molar-refractivity contribution in [3.63, 3.8) is 0 Å². The lowest BCUT2D eigenvalue weighted by Crippen LogP contribution is -2.54. The molecule has 2 aliphatic rings. The average Bonchev–Trinajstić information content (AvgIpc) is 2.58. The number of hydrogen-bond donors (Lipinski definition) is 2. The molecule has 0 bridgehead atoms. The standard InChI is InChI=1S/C18H27FN2O2/c19-18(14-21-9-6-17(23)12-16(21)13-22)7-10-20(11-8-18)15-4-2-1-3-5-15/h1-5,16-17,22-23H,6-14H2. The Kier molecular flexibility index (Phi) is 5.19. The van der Waals surface area contributed by atoms with E-state index in [4.69, 9.17) is 0 Å². The van der Waals surface area contributed by atoms with Crippen molar-refractivity contribution in [3.8, 4) is 0 Å². The van der Waals surface area contributed by atoms with Crippen molar-refractivity contribution in [1.82, 2.24) is 4.90 Å². The minimum atomic E-state index is -1.19. The fourth-order valence-corrected chi connectivity index (χ4v) is 3.80. The van der Waals surface area contributed by atoms with E-state index >= 15 is 4.39 Å². The molecule has 3 rings (SSSR count). The predicted molar refractivity (Wildman–Crippen MR) is 89.4 cm³/mol. The van der Waals surface area contributed by atoms with E-state index in [9.17, 15) is 10.2 Å². The molecule has 2 atom stereocenters. The number of piperidine rings is 2. The van der Waals surface area contributed by atoms with E-state index in [-0.39, 0.29) is 18.8 Å². The number of alkyl halides is 1. The van der Waals surface area contributed by atoms with Crippen LogP contribution in [0.4, 0.5) is 10.1 Å². The summed E-state index contributed by atoms with van der Waals surface area (Å²) in [5.74, 6) is 0. The number of anilines is 1. The van der Waals surface area contributed by atoms with Gasteiger partial charge >= 0.3 is 0 Å². The molecule has 0 aliphatic carbocycles. The molecular formula is C18H27FN2O2. The summed E-state index contributed by atoms with van der Waals surface area (Å²) in [5.41, 5.74) is -0.0371. The molecule has 0 saturated carbocycles. The van der Waals surface area contributed by atoms with Gasteiger partial charge in [-0.05, 0) is 25.0 Å². The Hall–Kier alpha value is -1.17. The van der Waals surface area contributed by atoms with Gasteiger partial charge in [0.05, 0.1) is 12.7 Å². The van der Waals surface area contributed by atoms with Gasteiger partial charge in [0.25, 0.3) is 0 Å². The van der Waals surface area contributed by atoms with E-state index in [1.165, 1.54) is 0 Å². The van der Waals surface area contributed by atoms with Gasteiger partial charge in [-0.15, -0.1) is 0 Å². The van der Waals surface area contributed by atoms with Gasteiger partial charge in [-0.25, -0.2) is 4.39 Å². The van der Waals surface area contributed by atoms with Crippen molar-refractivity contribution >= 4 is 5.69 Å². The molecule has 2 N–H and O–H groups in total. The molecule has 0 amide bonds. The minimum Gasteiger partial charge on any atom is -0.395 e. The lowest BCUT2D eigenvalue weighted by atomic mass is 9.90. The molecule has 5 heteroatoms. The second kappa shape index (κ2) is 7.16. The third-order valence-corrected chi connectivity index (χ3v) is 5.29. The fourth-order valence-electron chi connectivity index (χ4n) is 3.80. The van der Waals surface area contributed by atoms with Crippen molar-refractivity contribution in [1.29, 1.82) is 0 Å². The van der Waals surface area contributed by atoms with E-state index in [1.807, 2.05) is 23.1 Å². The van der Waals surface area contributed by atoms with Gasteiger partial charge in [-0.2, -0.15) is 0 Å². The Bertz CT molecular complexity index is 491. The topological polar surface area (TPSA) is 46.9 Å². The number of aliphatic hydroxyl groups is 2. The molecular weight excluding hydrogens is 295 g/mol. The van der Waals surface area contributed by atoms with Crippen LogP contribution in [0.25, 0.3) is 0 Å². The Labute approximate surface area is 137 Å². The maximum absolute atomic E-state index is 15.2. The molecule has 2 unspecified atom stereocenters. The highest BCUT2D eigenvalue weighted by molar-refractivity contribution is 5.46. The van der Waals surface area contributed by atoms with E-state index in [0.717, 1.165) is 18.8 Å². The zero-order valence-corrected chi connectivity index (χ0v) is 13.6. The van der Waals surface area contributed by atoms with Crippen LogP contribution in [0.5, 0.6) is 0 Å². The van der Waals surface area contributed by atoms with Crippen molar-refractivity contribution < 1.29 is 14.6 Å². The molecule has 2 aliphatic heterocycles. The zero-order valence-electron chi connectivity index (χ0n) is 13.6. The largest absolute Gasteiger partial charge is 0.395 e. The molecule has 128 valence electrons. The number of hydrogen-bond acceptors (Lipinski definition) is 4. The summed E-state index contributed by atoms with van der Waals surface area (Å²) in [6.45, 7) is 2.47. The van der Waals surface area contributed by atoms with E-state index in [2.05, 4.69) is 17.0 Å². The maximum atomic E-state index is 15.2. The second-order valence-corrected chi connectivity index (χ2v) is 6.96. The first-order valence-electron chi connectivity index (χ1n) is 8.61. The number of rotatable bonds is 4. The molecule has 0 aromatic heterocycles. The quantitative estimate of drug-likeness (QED) is 0.888. The Balaban J connectivity index is 1.57. The summed E-state index contributed by atoms with van der Waals surface area (Å²) < 4.78 is 15.2. The van der Waals surface area contributed by atoms with Crippen molar-refractivity contribution in [2.24, 2.45) is 0 Å². The minimum absolute atomic E-state index is 0.0106. The zero-order chi connectivity index (χ0) is 16.3. The van der Waals surface area contributed by atoms with Crippen LogP contribution in [0, 0.1) is 0 Å². The monoisotopic (exact) mass is 322 g/mol. The third-order valence-electron chi connectivity index (χ3n) is 5.29. The van der Waals surface area contributed by atoms with Crippen molar-refractivity contribution in [3.05, 3.63) is 30.3 Å². The Morgan fingerprint density at radius 3 is 2.48 bits per heavy atom. The van der Waals surface area contributed by atoms with Crippen molar-refractivity contribution in [2.45, 2.75) is 43.5 Å². The molecule has 0 radical (unpaired) electrons. The number of likely N-dealkylation sites (tertiary alicyclic amines) is 1. The summed E-state index contributed by atoms with van der Waals surface area (Å²) in [7, 11) is 0. The predicted octanol–water partition coefficient (Wildman–Crippen LogP) is 1.81. The number of para-hydroxylation sites is 1. The second-order valence-electron chi connectivity index (χ2n) is 6.96. The summed E-state index contributed by atoms with van der Waals surface area (Å²) in [6, 6.07) is 10.0. The Morgan fingerprint density at radius 1 is 1.13 bits per heavy atom. The molecule has 23 heavy (non-hydrogen) atoms. The number of halogens is 1. The fraction of sp³-hybridized carbons (Fsp3) is 0.667. The van der Waals surface area contributed by atoms with Gasteiger partial charge in [0.1, 0.15) is 5.67 Å². The van der Waals surface area contributed by atoms with Crippen molar-refractivity contribution in [2.75, 3.05) is 37.7 Å². The smallest absolute Gasteiger partial charge is 0.127 e. The average molecular weight is 322 g/mol. The first kappa shape index (κ1) is 16.7. The van der Waals surface area contributed by atoms with Crippen LogP contribution in [0.15, 0.2) is 30.3 Å². The highest BCUT2D eigenvalue weighted by Crippen LogP contribution is 2.32. The number of benzene rings is 1. The molecule has 2 fully saturated rings. The van der Waals surface area contributed by atoms with Gasteiger partial charge < -0.3 is 15.1 Å². The van der Waals surface area contributed by atoms with Crippen LogP contribution in [-0.2, 0) is 0 Å². The van der Waals surface area contributed by atoms with Crippen LogP contribution in [0.3, 0.4) is 0 Å². The van der Waals surface area contributed by atoms with Crippen LogP contribution in [-0.4, -0.2) is 65.7 Å². The van der Waals surface area contributed by atoms with E-state index in [1.54, 1.807) is 0 Å². The van der Waals surface area contributed by atoms with Gasteiger partial charge in [-0.3, -0.25) is 4.90 Å². The SMILES string of the molecule is OCC1CC(O)CCN1CC1(F)CCN(c2ccccc2)CC1. The first-order chi connectivity index (χ1) is 11.1. The Morgan fingerprint density at radius 2 is 1.83 bits per heavy atom. The molecule has 1 aromatic carbocycles. The van der Waals surface area contributed by atoms with E-state index in [0.29, 0.717) is 38.8 Å². The molecule has 4 nitrogen and oxygen atoms in total. The summed E-state index contributed by atoms with van der Waals surface area (Å²) >= 11 is 0. The number of nitrogens with zero attached hydrogens (tertiary/aromatic N) is 2. The van der Waals surface area contributed by atoms with Crippen LogP contribution in [0.2, 0.25) is 0 Å². The first-order valence-corrected chi connectivity index (χ1v) is 8.61. The van der Waals surface area contributed by atoms with Crippen LogP contribution >= 0.6 is 0 Å². The highest BCUT2D eigenvalue weighted by Gasteiger charge is 2.39. The summed E-state index contributed by atoms with van der Waals surface area (Å²) in [4.78, 5) is 4.27. The summed E-state index contributed by atoms with van der Waals surface area (Å²) in [5, 5.41) is 19.2. The van der Waals surface area contributed by atoms with E-state index < -0.39 is 5.67 Å². The van der Waals surface area contributed by atoms with Crippen LogP contribution < -0.4 is 4.90 Å².